The highest BCUT2D eigenvalue weighted by molar-refractivity contribution is 5.88. The molecule has 0 bridgehead atoms. The number of nitrogens with one attached hydrogen (secondary N) is 1. The van der Waals surface area contributed by atoms with Crippen LogP contribution in [-0.4, -0.2) is 62.2 Å². The van der Waals surface area contributed by atoms with Gasteiger partial charge in [-0.1, -0.05) is 48.5 Å². The molecule has 5 rings (SSSR count). The summed E-state index contributed by atoms with van der Waals surface area (Å²) in [6.07, 6.45) is 3.08. The highest BCUT2D eigenvalue weighted by atomic mass is 16.6. The van der Waals surface area contributed by atoms with E-state index < -0.39 is 23.8 Å². The van der Waals surface area contributed by atoms with Gasteiger partial charge < -0.3 is 19.9 Å². The summed E-state index contributed by atoms with van der Waals surface area (Å²) in [6, 6.07) is 15.8. The lowest BCUT2D eigenvalue weighted by Gasteiger charge is -2.37. The number of hydrogen-bond acceptors (Lipinski definition) is 6. The van der Waals surface area contributed by atoms with Crippen molar-refractivity contribution in [1.29, 1.82) is 0 Å². The average Bonchev–Trinajstić information content (AvgIpc) is 3.47. The molecular formula is C32H38N4O6. The number of aryl methyl sites for hydroxylation is 1. The number of carbonyl (C=O) groups excluding carboxylic acids is 2. The van der Waals surface area contributed by atoms with Gasteiger partial charge in [-0.25, -0.2) is 14.4 Å². The summed E-state index contributed by atoms with van der Waals surface area (Å²) in [4.78, 5) is 39.8. The number of nitrogens with zero attached hydrogens (tertiary/aromatic N) is 3. The van der Waals surface area contributed by atoms with Gasteiger partial charge in [0.25, 0.3) is 0 Å². The van der Waals surface area contributed by atoms with E-state index in [2.05, 4.69) is 34.7 Å². The largest absolute Gasteiger partial charge is 0.478 e. The van der Waals surface area contributed by atoms with Crippen LogP contribution in [-0.2, 0) is 23.1 Å². The highest BCUT2D eigenvalue weighted by Crippen LogP contribution is 2.44. The number of carbonyl (C=O) groups is 3. The number of fused-ring (bicyclic) bond motifs is 3. The fraction of sp³-hybridized carbons (Fsp3) is 0.438. The summed E-state index contributed by atoms with van der Waals surface area (Å²) in [7, 11) is 1.65. The normalized spacial score (nSPS) is 18.1. The molecule has 1 aromatic heterocycles. The van der Waals surface area contributed by atoms with Crippen molar-refractivity contribution in [3.8, 4) is 11.1 Å². The van der Waals surface area contributed by atoms with Crippen molar-refractivity contribution in [2.24, 2.45) is 7.05 Å². The van der Waals surface area contributed by atoms with Gasteiger partial charge in [0.15, 0.2) is 0 Å². The lowest BCUT2D eigenvalue weighted by Crippen LogP contribution is -2.49. The fourth-order valence-corrected chi connectivity index (χ4v) is 6.06. The molecule has 222 valence electrons. The van der Waals surface area contributed by atoms with E-state index in [0.29, 0.717) is 12.8 Å². The summed E-state index contributed by atoms with van der Waals surface area (Å²) >= 11 is 0. The fourth-order valence-electron chi connectivity index (χ4n) is 6.06. The number of ether oxygens (including phenoxy) is 2. The molecule has 0 spiro atoms. The highest BCUT2D eigenvalue weighted by Gasteiger charge is 2.35. The van der Waals surface area contributed by atoms with E-state index in [1.165, 1.54) is 10.9 Å². The van der Waals surface area contributed by atoms with E-state index in [1.807, 2.05) is 45.0 Å². The Kier molecular flexibility index (Phi) is 8.24. The third kappa shape index (κ3) is 6.42. The number of aromatic carboxylic acids is 1. The molecule has 0 saturated heterocycles. The zero-order valence-corrected chi connectivity index (χ0v) is 24.5. The van der Waals surface area contributed by atoms with Crippen LogP contribution in [0, 0.1) is 0 Å². The Balaban J connectivity index is 1.36. The minimum absolute atomic E-state index is 0.0248. The van der Waals surface area contributed by atoms with Crippen LogP contribution in [0.2, 0.25) is 0 Å². The molecule has 2 N–H and O–H groups in total. The standard InChI is InChI=1S/C32H38N4O6/c1-32(2,3)42-30(39)33-20-10-9-11-21(16-20)36(18-28-26(29(37)38)17-35(4)34-28)31(40)41-19-27-24-14-7-5-12-22(24)23-13-6-8-15-25(23)27/h5-8,12-15,17,20-21,27H,9-11,16,18-19H2,1-4H3,(H,33,39)(H,37,38)/t20-,21-/m1/s1. The second-order valence-electron chi connectivity index (χ2n) is 12.1. The van der Waals surface area contributed by atoms with Crippen molar-refractivity contribution in [1.82, 2.24) is 20.0 Å². The Labute approximate surface area is 245 Å². The number of rotatable bonds is 7. The van der Waals surface area contributed by atoms with Gasteiger partial charge in [-0.05, 0) is 68.7 Å². The van der Waals surface area contributed by atoms with E-state index in [1.54, 1.807) is 11.9 Å². The second-order valence-corrected chi connectivity index (χ2v) is 12.1. The minimum Gasteiger partial charge on any atom is -0.478 e. The molecule has 0 radical (unpaired) electrons. The van der Waals surface area contributed by atoms with Crippen molar-refractivity contribution in [2.75, 3.05) is 6.61 Å². The van der Waals surface area contributed by atoms with E-state index in [-0.39, 0.29) is 42.4 Å². The summed E-state index contributed by atoms with van der Waals surface area (Å²) < 4.78 is 12.9. The molecule has 1 heterocycles. The third-order valence-electron chi connectivity index (χ3n) is 7.83. The predicted molar refractivity (Wildman–Crippen MR) is 156 cm³/mol. The van der Waals surface area contributed by atoms with Crippen LogP contribution >= 0.6 is 0 Å². The first-order chi connectivity index (χ1) is 20.0. The van der Waals surface area contributed by atoms with Crippen LogP contribution in [0.5, 0.6) is 0 Å². The number of aromatic nitrogens is 2. The smallest absolute Gasteiger partial charge is 0.410 e. The van der Waals surface area contributed by atoms with Crippen molar-refractivity contribution >= 4 is 18.2 Å². The third-order valence-corrected chi connectivity index (χ3v) is 7.83. The van der Waals surface area contributed by atoms with Gasteiger partial charge in [-0.3, -0.25) is 9.58 Å². The monoisotopic (exact) mass is 574 g/mol. The quantitative estimate of drug-likeness (QED) is 0.371. The SMILES string of the molecule is Cn1cc(C(=O)O)c(CN(C(=O)OCC2c3ccccc3-c3ccccc32)[C@@H]2CCC[C@@H](NC(=O)OC(C)(C)C)C2)n1. The zero-order chi connectivity index (χ0) is 30.0. The number of carboxylic acids is 1. The van der Waals surface area contributed by atoms with Crippen molar-refractivity contribution in [3.05, 3.63) is 77.1 Å². The Morgan fingerprint density at radius 3 is 2.31 bits per heavy atom. The molecule has 2 amide bonds. The van der Waals surface area contributed by atoms with Crippen molar-refractivity contribution in [2.45, 2.75) is 76.6 Å². The van der Waals surface area contributed by atoms with Gasteiger partial charge in [-0.2, -0.15) is 5.10 Å². The van der Waals surface area contributed by atoms with Crippen LogP contribution in [0.15, 0.2) is 54.7 Å². The molecule has 0 aliphatic heterocycles. The number of alkyl carbamates (subject to hydrolysis) is 1. The maximum Gasteiger partial charge on any atom is 0.410 e. The Bertz CT molecular complexity index is 1430. The van der Waals surface area contributed by atoms with E-state index >= 15 is 0 Å². The molecule has 3 aromatic rings. The molecular weight excluding hydrogens is 536 g/mol. The lowest BCUT2D eigenvalue weighted by atomic mass is 9.90. The first-order valence-electron chi connectivity index (χ1n) is 14.4. The average molecular weight is 575 g/mol. The Morgan fingerprint density at radius 1 is 1.05 bits per heavy atom. The van der Waals surface area contributed by atoms with Crippen molar-refractivity contribution in [3.63, 3.8) is 0 Å². The number of amides is 2. The van der Waals surface area contributed by atoms with Crippen LogP contribution in [0.1, 0.15) is 79.6 Å². The first kappa shape index (κ1) is 29.2. The Morgan fingerprint density at radius 2 is 1.69 bits per heavy atom. The van der Waals surface area contributed by atoms with Gasteiger partial charge in [0.05, 0.1) is 12.2 Å². The van der Waals surface area contributed by atoms with E-state index in [4.69, 9.17) is 9.47 Å². The van der Waals surface area contributed by atoms with Crippen LogP contribution < -0.4 is 5.32 Å². The van der Waals surface area contributed by atoms with Gasteiger partial charge >= 0.3 is 18.2 Å². The number of carboxylic acid groups (broad SMARTS) is 1. The molecule has 2 aromatic carbocycles. The summed E-state index contributed by atoms with van der Waals surface area (Å²) in [5.74, 6) is -1.22. The molecule has 10 nitrogen and oxygen atoms in total. The maximum atomic E-state index is 13.8. The van der Waals surface area contributed by atoms with Crippen LogP contribution in [0.3, 0.4) is 0 Å². The van der Waals surface area contributed by atoms with E-state index in [0.717, 1.165) is 35.1 Å². The van der Waals surface area contributed by atoms with Crippen LogP contribution in [0.25, 0.3) is 11.1 Å². The van der Waals surface area contributed by atoms with Crippen molar-refractivity contribution < 1.29 is 29.0 Å². The molecule has 2 atom stereocenters. The molecule has 2 aliphatic carbocycles. The summed E-state index contributed by atoms with van der Waals surface area (Å²) in [6.45, 7) is 5.54. The molecule has 1 saturated carbocycles. The maximum absolute atomic E-state index is 13.8. The first-order valence-corrected chi connectivity index (χ1v) is 14.4. The molecule has 10 heteroatoms. The van der Waals surface area contributed by atoms with Gasteiger partial charge in [0.1, 0.15) is 17.8 Å². The topological polar surface area (TPSA) is 123 Å². The minimum atomic E-state index is -1.11. The molecule has 42 heavy (non-hydrogen) atoms. The summed E-state index contributed by atoms with van der Waals surface area (Å²) in [5.41, 5.74) is 4.17. The molecule has 2 aliphatic rings. The van der Waals surface area contributed by atoms with Gasteiger partial charge in [0.2, 0.25) is 0 Å². The zero-order valence-electron chi connectivity index (χ0n) is 24.5. The molecule has 1 fully saturated rings. The summed E-state index contributed by atoms with van der Waals surface area (Å²) in [5, 5.41) is 17.1. The number of hydrogen-bond donors (Lipinski definition) is 2. The molecule has 0 unspecified atom stereocenters. The number of benzene rings is 2. The van der Waals surface area contributed by atoms with Gasteiger partial charge in [0, 0.05) is 31.2 Å². The van der Waals surface area contributed by atoms with E-state index in [9.17, 15) is 19.5 Å². The van der Waals surface area contributed by atoms with Crippen LogP contribution in [0.4, 0.5) is 9.59 Å². The predicted octanol–water partition coefficient (Wildman–Crippen LogP) is 5.71. The Hall–Kier alpha value is -4.34. The lowest BCUT2D eigenvalue weighted by molar-refractivity contribution is 0.0446. The van der Waals surface area contributed by atoms with Gasteiger partial charge in [-0.15, -0.1) is 0 Å². The second kappa shape index (κ2) is 11.9.